The lowest BCUT2D eigenvalue weighted by Gasteiger charge is -2.10. The van der Waals surface area contributed by atoms with E-state index in [2.05, 4.69) is 78.3 Å². The van der Waals surface area contributed by atoms with E-state index in [-0.39, 0.29) is 0 Å². The number of hydrogen-bond donors (Lipinski definition) is 1. The first-order valence-electron chi connectivity index (χ1n) is 7.52. The van der Waals surface area contributed by atoms with Gasteiger partial charge in [0.25, 0.3) is 0 Å². The fourth-order valence-electron chi connectivity index (χ4n) is 2.13. The average molecular weight is 350 g/mol. The summed E-state index contributed by atoms with van der Waals surface area (Å²) in [5, 5.41) is 8.09. The summed E-state index contributed by atoms with van der Waals surface area (Å²) in [6, 6.07) is 8.52. The summed E-state index contributed by atoms with van der Waals surface area (Å²) in [6.07, 6.45) is 2.02. The van der Waals surface area contributed by atoms with Crippen LogP contribution in [0, 0.1) is 5.92 Å². The standard InChI is InChI=1S/C17H24BrN3/c1-12(2)10-19-11-14-5-6-17(15(18)9-14)21-8-7-16(20-21)13(3)4/h5-9,12-13,19H,10-11H2,1-4H3. The normalized spacial score (nSPS) is 11.6. The molecule has 1 N–H and O–H groups in total. The molecule has 0 aliphatic heterocycles. The number of rotatable bonds is 6. The van der Waals surface area contributed by atoms with Crippen LogP contribution in [0.25, 0.3) is 5.69 Å². The zero-order chi connectivity index (χ0) is 15.4. The van der Waals surface area contributed by atoms with E-state index in [9.17, 15) is 0 Å². The number of hydrogen-bond acceptors (Lipinski definition) is 2. The van der Waals surface area contributed by atoms with Crippen molar-refractivity contribution >= 4 is 15.9 Å². The lowest BCUT2D eigenvalue weighted by atomic mass is 10.1. The van der Waals surface area contributed by atoms with Gasteiger partial charge in [0.2, 0.25) is 0 Å². The summed E-state index contributed by atoms with van der Waals surface area (Å²) in [5.41, 5.74) is 3.47. The van der Waals surface area contributed by atoms with E-state index >= 15 is 0 Å². The minimum Gasteiger partial charge on any atom is -0.312 e. The molecule has 0 atom stereocenters. The van der Waals surface area contributed by atoms with Gasteiger partial charge >= 0.3 is 0 Å². The number of nitrogens with zero attached hydrogens (tertiary/aromatic N) is 2. The lowest BCUT2D eigenvalue weighted by molar-refractivity contribution is 0.552. The number of halogens is 1. The Bertz CT molecular complexity index is 587. The Kier molecular flexibility index (Phi) is 5.59. The zero-order valence-corrected chi connectivity index (χ0v) is 14.8. The molecule has 0 aliphatic rings. The molecule has 4 heteroatoms. The number of nitrogens with one attached hydrogen (secondary N) is 1. The van der Waals surface area contributed by atoms with E-state index in [1.54, 1.807) is 0 Å². The Balaban J connectivity index is 2.11. The minimum absolute atomic E-state index is 0.449. The van der Waals surface area contributed by atoms with Gasteiger partial charge in [0, 0.05) is 17.2 Å². The third-order valence-electron chi connectivity index (χ3n) is 3.34. The topological polar surface area (TPSA) is 29.9 Å². The Morgan fingerprint density at radius 1 is 1.19 bits per heavy atom. The Labute approximate surface area is 135 Å². The molecule has 0 fully saturated rings. The molecule has 0 radical (unpaired) electrons. The van der Waals surface area contributed by atoms with Crippen molar-refractivity contribution in [2.24, 2.45) is 5.92 Å². The average Bonchev–Trinajstić information content (AvgIpc) is 2.88. The molecule has 0 saturated heterocycles. The maximum atomic E-state index is 4.63. The molecule has 1 heterocycles. The van der Waals surface area contributed by atoms with E-state index < -0.39 is 0 Å². The van der Waals surface area contributed by atoms with Crippen LogP contribution >= 0.6 is 15.9 Å². The molecule has 0 saturated carbocycles. The molecule has 0 aliphatic carbocycles. The summed E-state index contributed by atoms with van der Waals surface area (Å²) >= 11 is 3.66. The van der Waals surface area contributed by atoms with Crippen LogP contribution in [-0.4, -0.2) is 16.3 Å². The molecule has 1 aromatic carbocycles. The van der Waals surface area contributed by atoms with Gasteiger partial charge in [-0.05, 0) is 58.1 Å². The minimum atomic E-state index is 0.449. The number of aromatic nitrogens is 2. The van der Waals surface area contributed by atoms with E-state index in [0.29, 0.717) is 11.8 Å². The Hall–Kier alpha value is -1.13. The first kappa shape index (κ1) is 16.2. The summed E-state index contributed by atoms with van der Waals surface area (Å²) in [6.45, 7) is 10.7. The van der Waals surface area contributed by atoms with Crippen molar-refractivity contribution < 1.29 is 0 Å². The molecule has 1 aromatic heterocycles. The molecule has 3 nitrogen and oxygen atoms in total. The quantitative estimate of drug-likeness (QED) is 0.831. The zero-order valence-electron chi connectivity index (χ0n) is 13.2. The summed E-state index contributed by atoms with van der Waals surface area (Å²) in [4.78, 5) is 0. The van der Waals surface area contributed by atoms with Gasteiger partial charge in [0.15, 0.2) is 0 Å². The van der Waals surface area contributed by atoms with E-state index in [1.165, 1.54) is 5.56 Å². The van der Waals surface area contributed by atoms with Crippen LogP contribution < -0.4 is 5.32 Å². The maximum absolute atomic E-state index is 4.63. The molecule has 2 aromatic rings. The molecular formula is C17H24BrN3. The second-order valence-corrected chi connectivity index (χ2v) is 7.00. The third kappa shape index (κ3) is 4.42. The Morgan fingerprint density at radius 2 is 1.95 bits per heavy atom. The van der Waals surface area contributed by atoms with Gasteiger partial charge in [0.05, 0.1) is 11.4 Å². The predicted molar refractivity (Wildman–Crippen MR) is 91.9 cm³/mol. The van der Waals surface area contributed by atoms with Crippen molar-refractivity contribution in [1.29, 1.82) is 0 Å². The second kappa shape index (κ2) is 7.23. The van der Waals surface area contributed by atoms with Crippen LogP contribution in [0.1, 0.15) is 44.9 Å². The molecule has 0 unspecified atom stereocenters. The van der Waals surface area contributed by atoms with Crippen LogP contribution in [0.3, 0.4) is 0 Å². The summed E-state index contributed by atoms with van der Waals surface area (Å²) in [5.74, 6) is 1.12. The van der Waals surface area contributed by atoms with Gasteiger partial charge in [-0.3, -0.25) is 0 Å². The first-order chi connectivity index (χ1) is 9.97. The van der Waals surface area contributed by atoms with Crippen LogP contribution in [0.2, 0.25) is 0 Å². The van der Waals surface area contributed by atoms with Crippen molar-refractivity contribution in [1.82, 2.24) is 15.1 Å². The van der Waals surface area contributed by atoms with E-state index in [1.807, 2.05) is 10.9 Å². The van der Waals surface area contributed by atoms with Gasteiger partial charge in [-0.1, -0.05) is 33.8 Å². The molecule has 0 amide bonds. The van der Waals surface area contributed by atoms with Gasteiger partial charge in [0.1, 0.15) is 0 Å². The van der Waals surface area contributed by atoms with Crippen molar-refractivity contribution in [3.8, 4) is 5.69 Å². The van der Waals surface area contributed by atoms with Gasteiger partial charge in [-0.25, -0.2) is 4.68 Å². The first-order valence-corrected chi connectivity index (χ1v) is 8.31. The molecule has 114 valence electrons. The molecule has 0 bridgehead atoms. The second-order valence-electron chi connectivity index (χ2n) is 6.15. The highest BCUT2D eigenvalue weighted by atomic mass is 79.9. The highest BCUT2D eigenvalue weighted by Gasteiger charge is 2.08. The van der Waals surface area contributed by atoms with Crippen molar-refractivity contribution in [2.45, 2.75) is 40.2 Å². The van der Waals surface area contributed by atoms with Crippen molar-refractivity contribution in [2.75, 3.05) is 6.54 Å². The highest BCUT2D eigenvalue weighted by Crippen LogP contribution is 2.23. The van der Waals surface area contributed by atoms with E-state index in [4.69, 9.17) is 0 Å². The molecule has 0 spiro atoms. The van der Waals surface area contributed by atoms with Crippen molar-refractivity contribution in [3.63, 3.8) is 0 Å². The summed E-state index contributed by atoms with van der Waals surface area (Å²) < 4.78 is 3.01. The highest BCUT2D eigenvalue weighted by molar-refractivity contribution is 9.10. The molecule has 2 rings (SSSR count). The lowest BCUT2D eigenvalue weighted by Crippen LogP contribution is -2.18. The van der Waals surface area contributed by atoms with Crippen LogP contribution in [0.5, 0.6) is 0 Å². The summed E-state index contributed by atoms with van der Waals surface area (Å²) in [7, 11) is 0. The third-order valence-corrected chi connectivity index (χ3v) is 3.98. The molecular weight excluding hydrogens is 326 g/mol. The van der Waals surface area contributed by atoms with Gasteiger partial charge < -0.3 is 5.32 Å². The van der Waals surface area contributed by atoms with Crippen LogP contribution in [0.15, 0.2) is 34.9 Å². The number of benzene rings is 1. The maximum Gasteiger partial charge on any atom is 0.0787 e. The fourth-order valence-corrected chi connectivity index (χ4v) is 2.74. The van der Waals surface area contributed by atoms with Gasteiger partial charge in [-0.2, -0.15) is 5.10 Å². The fraction of sp³-hybridized carbons (Fsp3) is 0.471. The largest absolute Gasteiger partial charge is 0.312 e. The smallest absolute Gasteiger partial charge is 0.0787 e. The van der Waals surface area contributed by atoms with Crippen LogP contribution in [-0.2, 0) is 6.54 Å². The Morgan fingerprint density at radius 3 is 2.52 bits per heavy atom. The SMILES string of the molecule is CC(C)CNCc1ccc(-n2ccc(C(C)C)n2)c(Br)c1. The van der Waals surface area contributed by atoms with E-state index in [0.717, 1.165) is 28.9 Å². The predicted octanol–water partition coefficient (Wildman–Crippen LogP) is 4.50. The monoisotopic (exact) mass is 349 g/mol. The van der Waals surface area contributed by atoms with Crippen LogP contribution in [0.4, 0.5) is 0 Å². The van der Waals surface area contributed by atoms with Crippen molar-refractivity contribution in [3.05, 3.63) is 46.2 Å². The molecule has 21 heavy (non-hydrogen) atoms. The van der Waals surface area contributed by atoms with Gasteiger partial charge in [-0.15, -0.1) is 0 Å².